The fraction of sp³-hybridized carbons (Fsp3) is 0.727. The van der Waals surface area contributed by atoms with E-state index in [0.29, 0.717) is 12.3 Å². The van der Waals surface area contributed by atoms with Gasteiger partial charge < -0.3 is 16.2 Å². The van der Waals surface area contributed by atoms with Crippen molar-refractivity contribution in [3.8, 4) is 0 Å². The van der Waals surface area contributed by atoms with Gasteiger partial charge in [0.2, 0.25) is 5.91 Å². The van der Waals surface area contributed by atoms with Crippen LogP contribution in [0, 0.1) is 5.92 Å². The van der Waals surface area contributed by atoms with Crippen molar-refractivity contribution in [2.45, 2.75) is 39.2 Å². The van der Waals surface area contributed by atoms with Crippen molar-refractivity contribution in [1.82, 2.24) is 0 Å². The number of unbranched alkanes of at least 4 members (excludes halogenated alkanes) is 1. The zero-order chi connectivity index (χ0) is 11.7. The predicted molar refractivity (Wildman–Crippen MR) is 61.0 cm³/mol. The number of carbonyl (C=O) groups is 1. The summed E-state index contributed by atoms with van der Waals surface area (Å²) >= 11 is 0. The lowest BCUT2D eigenvalue weighted by atomic mass is 10.1. The summed E-state index contributed by atoms with van der Waals surface area (Å²) in [6, 6.07) is -0.519. The molecular weight excluding hydrogens is 192 g/mol. The Bertz CT molecular complexity index is 203. The van der Waals surface area contributed by atoms with Crippen molar-refractivity contribution in [2.24, 2.45) is 17.4 Å². The number of primary amides is 1. The van der Waals surface area contributed by atoms with Gasteiger partial charge in [0.25, 0.3) is 0 Å². The van der Waals surface area contributed by atoms with Crippen molar-refractivity contribution in [3.05, 3.63) is 12.3 Å². The molecule has 15 heavy (non-hydrogen) atoms. The van der Waals surface area contributed by atoms with Crippen LogP contribution in [0.25, 0.3) is 0 Å². The lowest BCUT2D eigenvalue weighted by molar-refractivity contribution is -0.119. The highest BCUT2D eigenvalue weighted by Crippen LogP contribution is 2.00. The molecule has 0 spiro atoms. The zero-order valence-corrected chi connectivity index (χ0v) is 9.61. The van der Waals surface area contributed by atoms with Gasteiger partial charge in [-0.2, -0.15) is 0 Å². The standard InChI is InChI=1S/C11H22N2O2/c1-9(2)8-15-7-5-3-4-6-10(12)11(13)14/h5,7,9-10H,3-4,6,8,12H2,1-2H3,(H2,13,14)/b7-5+/t10-/m0/s1. The monoisotopic (exact) mass is 214 g/mol. The van der Waals surface area contributed by atoms with Crippen LogP contribution in [0.4, 0.5) is 0 Å². The molecular formula is C11H22N2O2. The lowest BCUT2D eigenvalue weighted by Crippen LogP contribution is -2.36. The quantitative estimate of drug-likeness (QED) is 0.470. The second-order valence-corrected chi connectivity index (χ2v) is 4.04. The van der Waals surface area contributed by atoms with Gasteiger partial charge in [0, 0.05) is 0 Å². The first-order valence-corrected chi connectivity index (χ1v) is 5.35. The molecule has 0 aromatic heterocycles. The third-order valence-electron chi connectivity index (χ3n) is 1.87. The summed E-state index contributed by atoms with van der Waals surface area (Å²) in [7, 11) is 0. The molecule has 0 saturated heterocycles. The SMILES string of the molecule is CC(C)CO/C=C/CCC[C@H](N)C(N)=O. The first-order valence-electron chi connectivity index (χ1n) is 5.35. The van der Waals surface area contributed by atoms with Crippen LogP contribution in [0.5, 0.6) is 0 Å². The van der Waals surface area contributed by atoms with Crippen LogP contribution in [0.15, 0.2) is 12.3 Å². The molecule has 0 saturated carbocycles. The van der Waals surface area contributed by atoms with Gasteiger partial charge in [-0.25, -0.2) is 0 Å². The molecule has 4 nitrogen and oxygen atoms in total. The van der Waals surface area contributed by atoms with E-state index in [2.05, 4.69) is 13.8 Å². The smallest absolute Gasteiger partial charge is 0.234 e. The predicted octanol–water partition coefficient (Wildman–Crippen LogP) is 1.16. The van der Waals surface area contributed by atoms with Crippen LogP contribution in [0.2, 0.25) is 0 Å². The summed E-state index contributed by atoms with van der Waals surface area (Å²) in [4.78, 5) is 10.6. The molecule has 88 valence electrons. The first-order chi connectivity index (χ1) is 7.04. The third-order valence-corrected chi connectivity index (χ3v) is 1.87. The molecule has 0 aliphatic rings. The van der Waals surface area contributed by atoms with Crippen molar-refractivity contribution >= 4 is 5.91 Å². The minimum absolute atomic E-state index is 0.435. The number of carbonyl (C=O) groups excluding carboxylic acids is 1. The lowest BCUT2D eigenvalue weighted by Gasteiger charge is -2.05. The maximum atomic E-state index is 10.6. The molecule has 0 aliphatic heterocycles. The van der Waals surface area contributed by atoms with Gasteiger partial charge >= 0.3 is 0 Å². The number of nitrogens with two attached hydrogens (primary N) is 2. The molecule has 0 heterocycles. The normalized spacial score (nSPS) is 13.3. The van der Waals surface area contributed by atoms with Gasteiger partial charge in [0.05, 0.1) is 18.9 Å². The van der Waals surface area contributed by atoms with E-state index in [9.17, 15) is 4.79 Å². The summed E-state index contributed by atoms with van der Waals surface area (Å²) in [5.74, 6) is 0.105. The maximum absolute atomic E-state index is 10.6. The van der Waals surface area contributed by atoms with E-state index in [0.717, 1.165) is 19.4 Å². The van der Waals surface area contributed by atoms with Crippen LogP contribution in [-0.4, -0.2) is 18.6 Å². The topological polar surface area (TPSA) is 78.3 Å². The summed E-state index contributed by atoms with van der Waals surface area (Å²) in [5, 5.41) is 0. The van der Waals surface area contributed by atoms with Crippen LogP contribution >= 0.6 is 0 Å². The van der Waals surface area contributed by atoms with E-state index in [1.165, 1.54) is 0 Å². The van der Waals surface area contributed by atoms with E-state index in [-0.39, 0.29) is 0 Å². The second-order valence-electron chi connectivity index (χ2n) is 4.04. The highest BCUT2D eigenvalue weighted by atomic mass is 16.5. The highest BCUT2D eigenvalue weighted by molar-refractivity contribution is 5.79. The molecule has 0 aromatic rings. The Labute approximate surface area is 91.7 Å². The van der Waals surface area contributed by atoms with Crippen LogP contribution in [0.3, 0.4) is 0 Å². The largest absolute Gasteiger partial charge is 0.501 e. The Morgan fingerprint density at radius 2 is 2.13 bits per heavy atom. The highest BCUT2D eigenvalue weighted by Gasteiger charge is 2.06. The van der Waals surface area contributed by atoms with E-state index < -0.39 is 11.9 Å². The van der Waals surface area contributed by atoms with Crippen molar-refractivity contribution in [2.75, 3.05) is 6.61 Å². The Morgan fingerprint density at radius 1 is 1.47 bits per heavy atom. The number of hydrogen-bond donors (Lipinski definition) is 2. The second kappa shape index (κ2) is 8.29. The van der Waals surface area contributed by atoms with E-state index >= 15 is 0 Å². The Hall–Kier alpha value is -1.03. The number of allylic oxidation sites excluding steroid dienone is 1. The van der Waals surface area contributed by atoms with Gasteiger partial charge in [0.1, 0.15) is 0 Å². The molecule has 0 aromatic carbocycles. The van der Waals surface area contributed by atoms with E-state index in [4.69, 9.17) is 16.2 Å². The van der Waals surface area contributed by atoms with E-state index in [1.807, 2.05) is 6.08 Å². The third kappa shape index (κ3) is 9.28. The van der Waals surface area contributed by atoms with Gasteiger partial charge in [-0.15, -0.1) is 0 Å². The minimum Gasteiger partial charge on any atom is -0.501 e. The number of rotatable bonds is 8. The fourth-order valence-corrected chi connectivity index (χ4v) is 0.982. The van der Waals surface area contributed by atoms with Gasteiger partial charge in [0.15, 0.2) is 0 Å². The average molecular weight is 214 g/mol. The molecule has 1 amide bonds. The summed E-state index contributed by atoms with van der Waals surface area (Å²) in [6.45, 7) is 4.93. The van der Waals surface area contributed by atoms with Gasteiger partial charge in [-0.1, -0.05) is 13.8 Å². The fourth-order valence-electron chi connectivity index (χ4n) is 0.982. The summed E-state index contributed by atoms with van der Waals surface area (Å²) < 4.78 is 5.25. The van der Waals surface area contributed by atoms with Crippen molar-refractivity contribution < 1.29 is 9.53 Å². The molecule has 4 heteroatoms. The Morgan fingerprint density at radius 3 is 2.67 bits per heavy atom. The maximum Gasteiger partial charge on any atom is 0.234 e. The summed E-state index contributed by atoms with van der Waals surface area (Å²) in [6.07, 6.45) is 5.99. The first kappa shape index (κ1) is 14.0. The molecule has 0 radical (unpaired) electrons. The molecule has 4 N–H and O–H groups in total. The van der Waals surface area contributed by atoms with Gasteiger partial charge in [-0.05, 0) is 31.3 Å². The van der Waals surface area contributed by atoms with Crippen molar-refractivity contribution in [1.29, 1.82) is 0 Å². The minimum atomic E-state index is -0.519. The number of hydrogen-bond acceptors (Lipinski definition) is 3. The molecule has 0 aliphatic carbocycles. The van der Waals surface area contributed by atoms with Crippen LogP contribution in [0.1, 0.15) is 33.1 Å². The number of amides is 1. The molecule has 1 atom stereocenters. The van der Waals surface area contributed by atoms with E-state index in [1.54, 1.807) is 6.26 Å². The summed E-state index contributed by atoms with van der Waals surface area (Å²) in [5.41, 5.74) is 10.5. The molecule has 0 unspecified atom stereocenters. The van der Waals surface area contributed by atoms with Crippen LogP contribution < -0.4 is 11.5 Å². The molecule has 0 bridgehead atoms. The van der Waals surface area contributed by atoms with Crippen LogP contribution in [-0.2, 0) is 9.53 Å². The zero-order valence-electron chi connectivity index (χ0n) is 9.61. The number of ether oxygens (including phenoxy) is 1. The molecule has 0 rings (SSSR count). The van der Waals surface area contributed by atoms with Gasteiger partial charge in [-0.3, -0.25) is 4.79 Å². The van der Waals surface area contributed by atoms with Crippen molar-refractivity contribution in [3.63, 3.8) is 0 Å². The molecule has 0 fully saturated rings. The Kier molecular flexibility index (Phi) is 7.72. The Balaban J connectivity index is 3.34. The average Bonchev–Trinajstić information content (AvgIpc) is 2.15.